The van der Waals surface area contributed by atoms with E-state index in [-0.39, 0.29) is 18.9 Å². The maximum Gasteiger partial charge on any atom is 0.0979 e. The molecule has 0 unspecified atom stereocenters. The number of nitrogens with zero attached hydrogens (tertiary/aromatic N) is 6. The Labute approximate surface area is 500 Å². The van der Waals surface area contributed by atoms with Crippen molar-refractivity contribution >= 4 is 99.3 Å². The molecule has 1 aliphatic rings. The minimum atomic E-state index is -1.44. The van der Waals surface area contributed by atoms with E-state index in [0.29, 0.717) is 0 Å². The van der Waals surface area contributed by atoms with Crippen molar-refractivity contribution in [2.45, 2.75) is 12.8 Å². The minimum Gasteiger partial charge on any atom is -0.334 e. The number of hydrogen-bond donors (Lipinski definition) is 0. The Bertz CT molecular complexity index is 4010. The van der Waals surface area contributed by atoms with Crippen molar-refractivity contribution in [1.82, 2.24) is 19.9 Å². The summed E-state index contributed by atoms with van der Waals surface area (Å²) in [6, 6.07) is 94.9. The van der Waals surface area contributed by atoms with Crippen LogP contribution in [0.4, 0.5) is 34.1 Å². The molecule has 1 aliphatic heterocycles. The third-order valence-corrected chi connectivity index (χ3v) is 14.0. The fourth-order valence-electron chi connectivity index (χ4n) is 10.4. The molecule has 15 rings (SSSR count). The second-order valence-corrected chi connectivity index (χ2v) is 19.3. The van der Waals surface area contributed by atoms with Crippen LogP contribution in [0.3, 0.4) is 0 Å². The van der Waals surface area contributed by atoms with E-state index in [9.17, 15) is 0 Å². The summed E-state index contributed by atoms with van der Waals surface area (Å²) < 4.78 is 21.8. The quantitative estimate of drug-likeness (QED) is 0.0877. The summed E-state index contributed by atoms with van der Waals surface area (Å²) in [5, 5.41) is 9.47. The average Bonchev–Trinajstić information content (AvgIpc) is 4.27. The summed E-state index contributed by atoms with van der Waals surface area (Å²) in [6.45, 7) is 2.00. The third-order valence-electron chi connectivity index (χ3n) is 14.0. The van der Waals surface area contributed by atoms with Crippen molar-refractivity contribution in [3.8, 4) is 11.3 Å². The summed E-state index contributed by atoms with van der Waals surface area (Å²) in [4.78, 5) is 23.5. The Morgan fingerprint density at radius 3 is 1.00 bits per heavy atom. The molecular formula is C72H55LiMnN6O3. The summed E-state index contributed by atoms with van der Waals surface area (Å²) in [5.74, 6) is 0. The SMILES string of the molecule is C1CCOC1.[Li+].[O]=[Mn]=[O].[c-]1ccc(N(c2ccccc2)c2ccccc2)cc1.c1ccc(N(c2ccccc2)c2ccc(-c3cnc4c5ccccc5c5ccccc5c4n3)cc2)cc1.c1ccc2c(c1)c1ccccc1c1nccnc21. The van der Waals surface area contributed by atoms with Crippen LogP contribution in [0.2, 0.25) is 0 Å². The monoisotopic (exact) mass is 1110 g/mol. The zero-order chi connectivity index (χ0) is 55.7. The van der Waals surface area contributed by atoms with Crippen LogP contribution in [-0.2, 0) is 27.2 Å². The fraction of sp³-hybridized carbons (Fsp3) is 0.0556. The third kappa shape index (κ3) is 13.2. The van der Waals surface area contributed by atoms with Gasteiger partial charge in [0.1, 0.15) is 0 Å². The van der Waals surface area contributed by atoms with Crippen LogP contribution in [0.15, 0.2) is 286 Å². The molecular weight excluding hydrogens is 1060 g/mol. The van der Waals surface area contributed by atoms with Gasteiger partial charge >= 0.3 is 41.4 Å². The molecule has 0 atom stereocenters. The van der Waals surface area contributed by atoms with E-state index in [1.165, 1.54) is 45.2 Å². The summed E-state index contributed by atoms with van der Waals surface area (Å²) in [7, 11) is 0. The molecule has 1 fully saturated rings. The molecule has 1 saturated heterocycles. The van der Waals surface area contributed by atoms with Gasteiger partial charge in [0.15, 0.2) is 0 Å². The molecule has 2 aromatic heterocycles. The van der Waals surface area contributed by atoms with Crippen LogP contribution in [0.25, 0.3) is 76.4 Å². The van der Waals surface area contributed by atoms with Crippen molar-refractivity contribution in [2.75, 3.05) is 23.0 Å². The first-order valence-corrected chi connectivity index (χ1v) is 28.1. The molecule has 11 heteroatoms. The Hall–Kier alpha value is -9.36. The van der Waals surface area contributed by atoms with Crippen LogP contribution in [0.1, 0.15) is 12.8 Å². The zero-order valence-electron chi connectivity index (χ0n) is 45.7. The zero-order valence-corrected chi connectivity index (χ0v) is 46.9. The molecule has 0 bridgehead atoms. The predicted molar refractivity (Wildman–Crippen MR) is 331 cm³/mol. The molecule has 0 saturated carbocycles. The van der Waals surface area contributed by atoms with Gasteiger partial charge in [0.05, 0.1) is 34.0 Å². The van der Waals surface area contributed by atoms with Crippen molar-refractivity contribution in [3.63, 3.8) is 0 Å². The molecule has 399 valence electrons. The second-order valence-electron chi connectivity index (χ2n) is 19.1. The first-order chi connectivity index (χ1) is 40.7. The number of fused-ring (bicyclic) bond motifs is 12. The number of aromatic nitrogens is 4. The van der Waals surface area contributed by atoms with E-state index >= 15 is 0 Å². The molecule has 0 N–H and O–H groups in total. The smallest absolute Gasteiger partial charge is 0.0979 e. The molecule has 83 heavy (non-hydrogen) atoms. The number of anilines is 6. The van der Waals surface area contributed by atoms with E-state index in [1.807, 2.05) is 54.7 Å². The van der Waals surface area contributed by atoms with Gasteiger partial charge in [0.25, 0.3) is 0 Å². The largest absolute Gasteiger partial charge is 0.334 e. The van der Waals surface area contributed by atoms with Crippen molar-refractivity contribution in [1.29, 1.82) is 0 Å². The Balaban J connectivity index is 0.000000140. The normalized spacial score (nSPS) is 11.4. The van der Waals surface area contributed by atoms with Gasteiger partial charge in [-0.15, -0.1) is 12.1 Å². The van der Waals surface area contributed by atoms with Gasteiger partial charge in [0, 0.05) is 81.2 Å². The van der Waals surface area contributed by atoms with E-state index in [1.54, 1.807) is 12.4 Å². The van der Waals surface area contributed by atoms with Gasteiger partial charge < -0.3 is 14.5 Å². The van der Waals surface area contributed by atoms with Crippen LogP contribution in [0, 0.1) is 6.07 Å². The van der Waals surface area contributed by atoms with E-state index in [2.05, 4.69) is 244 Å². The number of benzene rings is 12. The summed E-state index contributed by atoms with van der Waals surface area (Å²) >= 11 is -1.44. The summed E-state index contributed by atoms with van der Waals surface area (Å²) in [5.41, 5.74) is 12.5. The molecule has 3 heterocycles. The molecule has 14 aromatic rings. The van der Waals surface area contributed by atoms with E-state index in [4.69, 9.17) is 22.4 Å². The van der Waals surface area contributed by atoms with Crippen molar-refractivity contribution in [2.24, 2.45) is 0 Å². The maximum absolute atomic E-state index is 8.41. The summed E-state index contributed by atoms with van der Waals surface area (Å²) in [6.07, 6.45) is 7.96. The minimum absolute atomic E-state index is 0. The van der Waals surface area contributed by atoms with Crippen LogP contribution in [0.5, 0.6) is 0 Å². The molecule has 0 aliphatic carbocycles. The van der Waals surface area contributed by atoms with Gasteiger partial charge in [0.2, 0.25) is 0 Å². The number of hydrogen-bond acceptors (Lipinski definition) is 9. The first kappa shape index (κ1) is 56.9. The van der Waals surface area contributed by atoms with Gasteiger partial charge in [-0.25, -0.2) is 4.98 Å². The van der Waals surface area contributed by atoms with E-state index in [0.717, 1.165) is 91.4 Å². The maximum atomic E-state index is 8.41. The van der Waals surface area contributed by atoms with E-state index < -0.39 is 14.8 Å². The van der Waals surface area contributed by atoms with Gasteiger partial charge in [-0.2, -0.15) is 18.2 Å². The molecule has 0 spiro atoms. The van der Waals surface area contributed by atoms with Gasteiger partial charge in [-0.05, 0) is 95.1 Å². The molecule has 12 aromatic carbocycles. The molecule has 9 nitrogen and oxygen atoms in total. The van der Waals surface area contributed by atoms with Crippen LogP contribution < -0.4 is 28.7 Å². The predicted octanol–water partition coefficient (Wildman–Crippen LogP) is 15.5. The number of rotatable bonds is 7. The van der Waals surface area contributed by atoms with Crippen molar-refractivity contribution < 1.29 is 46.1 Å². The molecule has 0 amide bonds. The second kappa shape index (κ2) is 28.4. The Morgan fingerprint density at radius 1 is 0.349 bits per heavy atom. The number of ether oxygens (including phenoxy) is 1. The van der Waals surface area contributed by atoms with Gasteiger partial charge in [-0.1, -0.05) is 188 Å². The topological polar surface area (TPSA) is 101 Å². The van der Waals surface area contributed by atoms with Crippen molar-refractivity contribution in [3.05, 3.63) is 292 Å². The Morgan fingerprint density at radius 2 is 0.651 bits per heavy atom. The molecule has 0 radical (unpaired) electrons. The number of para-hydroxylation sites is 4. The fourth-order valence-corrected chi connectivity index (χ4v) is 10.4. The average molecular weight is 1110 g/mol. The van der Waals surface area contributed by atoms with Crippen LogP contribution >= 0.6 is 0 Å². The first-order valence-electron chi connectivity index (χ1n) is 27.1. The van der Waals surface area contributed by atoms with Gasteiger partial charge in [-0.3, -0.25) is 15.0 Å². The van der Waals surface area contributed by atoms with Crippen LogP contribution in [-0.4, -0.2) is 33.1 Å². The Kier molecular flexibility index (Phi) is 19.4. The standard InChI is InChI=1S/C34H23N3.C18H14N.C16H10N2.C4H8O.Li.Mn.2O/c1-3-11-25(12-4-1)37(26-13-5-2-6-14-26)27-21-19-24(20-22-27)32-23-35-33-30-17-9-7-15-28(30)29-16-8-10-18-31(29)34(33)36-32;1-4-10-16(11-5-1)19(17-12-6-2-7-13-17)18-14-8-3-9-15-18;1-3-7-13-11(5-1)12-6-2-4-8-14(12)16-15(13)17-9-10-18-16;1-2-4-5-3-1;;;;/h1-23H;1-2,4-15H;1-10H;1-4H2;;;;/q;-1;;;+1;;;.